The van der Waals surface area contributed by atoms with Gasteiger partial charge in [0.15, 0.2) is 5.13 Å². The number of benzene rings is 4. The minimum atomic E-state index is -0.594. The molecule has 0 saturated heterocycles. The Bertz CT molecular complexity index is 1980. The Hall–Kier alpha value is -3.83. The fourth-order valence-corrected chi connectivity index (χ4v) is 6.91. The molecule has 4 aromatic carbocycles. The molecule has 5 aromatic rings. The van der Waals surface area contributed by atoms with Crippen molar-refractivity contribution in [3.8, 4) is 11.3 Å². The van der Waals surface area contributed by atoms with Gasteiger partial charge < -0.3 is 16.0 Å². The van der Waals surface area contributed by atoms with Gasteiger partial charge in [-0.05, 0) is 67.1 Å². The van der Waals surface area contributed by atoms with Crippen molar-refractivity contribution in [2.45, 2.75) is 23.5 Å². The standard InChI is InChI=1S/C35H26Cl4N4O3S2/c1-2-31(34(46)43-35-42-30(19-47-35)21-14-15-27(38)28(39)16-21)48-23-11-6-10-22(17-23)40-33(45)29(18-24-25(36)12-7-13-26(24)37)41-32(44)20-8-4-3-5-9-20/h3-19,31H,2H2,1H3,(H,40,45)(H,41,44)(H,42,43,46)/b29-18+. The first-order valence-electron chi connectivity index (χ1n) is 14.4. The number of hydrogen-bond acceptors (Lipinski definition) is 6. The number of nitrogens with zero attached hydrogens (tertiary/aromatic N) is 1. The van der Waals surface area contributed by atoms with E-state index in [-0.39, 0.29) is 11.6 Å². The molecule has 1 heterocycles. The maximum atomic E-state index is 13.6. The van der Waals surface area contributed by atoms with Gasteiger partial charge in [0.05, 0.1) is 21.0 Å². The molecule has 1 unspecified atom stereocenters. The summed E-state index contributed by atoms with van der Waals surface area (Å²) in [6.45, 7) is 1.91. The molecule has 1 aromatic heterocycles. The second-order valence-corrected chi connectivity index (χ2v) is 13.9. The van der Waals surface area contributed by atoms with Crippen molar-refractivity contribution in [2.75, 3.05) is 10.6 Å². The Kier molecular flexibility index (Phi) is 12.2. The first-order chi connectivity index (χ1) is 23.1. The van der Waals surface area contributed by atoms with E-state index in [0.29, 0.717) is 54.2 Å². The number of halogens is 4. The van der Waals surface area contributed by atoms with Crippen molar-refractivity contribution in [2.24, 2.45) is 0 Å². The lowest BCUT2D eigenvalue weighted by Crippen LogP contribution is -2.30. The van der Waals surface area contributed by atoms with E-state index in [4.69, 9.17) is 46.4 Å². The van der Waals surface area contributed by atoms with Gasteiger partial charge in [-0.15, -0.1) is 23.1 Å². The smallest absolute Gasteiger partial charge is 0.272 e. The Balaban J connectivity index is 1.29. The van der Waals surface area contributed by atoms with Crippen LogP contribution in [0.3, 0.4) is 0 Å². The fourth-order valence-electron chi connectivity index (χ4n) is 4.37. The summed E-state index contributed by atoms with van der Waals surface area (Å²) in [6, 6.07) is 25.8. The number of hydrogen-bond donors (Lipinski definition) is 3. The first kappa shape index (κ1) is 35.5. The van der Waals surface area contributed by atoms with E-state index < -0.39 is 17.1 Å². The highest BCUT2D eigenvalue weighted by molar-refractivity contribution is 8.00. The highest BCUT2D eigenvalue weighted by atomic mass is 35.5. The van der Waals surface area contributed by atoms with Crippen molar-refractivity contribution in [3.63, 3.8) is 0 Å². The summed E-state index contributed by atoms with van der Waals surface area (Å²) in [5.74, 6) is -1.29. The van der Waals surface area contributed by atoms with E-state index in [1.807, 2.05) is 24.4 Å². The first-order valence-corrected chi connectivity index (χ1v) is 17.7. The van der Waals surface area contributed by atoms with Crippen LogP contribution in [0.4, 0.5) is 10.8 Å². The van der Waals surface area contributed by atoms with Gasteiger partial charge in [0.25, 0.3) is 11.8 Å². The summed E-state index contributed by atoms with van der Waals surface area (Å²) in [4.78, 5) is 45.1. The third-order valence-electron chi connectivity index (χ3n) is 6.80. The van der Waals surface area contributed by atoms with Crippen LogP contribution in [-0.4, -0.2) is 28.0 Å². The maximum Gasteiger partial charge on any atom is 0.272 e. The molecule has 7 nitrogen and oxygen atoms in total. The summed E-state index contributed by atoms with van der Waals surface area (Å²) in [6.07, 6.45) is 1.97. The van der Waals surface area contributed by atoms with Crippen molar-refractivity contribution in [1.82, 2.24) is 10.3 Å². The van der Waals surface area contributed by atoms with Crippen LogP contribution in [0.15, 0.2) is 107 Å². The van der Waals surface area contributed by atoms with Crippen LogP contribution in [-0.2, 0) is 9.59 Å². The predicted octanol–water partition coefficient (Wildman–Crippen LogP) is 10.3. The summed E-state index contributed by atoms with van der Waals surface area (Å²) in [5.41, 5.74) is 2.59. The van der Waals surface area contributed by atoms with Gasteiger partial charge in [0.2, 0.25) is 5.91 Å². The molecule has 5 rings (SSSR count). The molecule has 13 heteroatoms. The van der Waals surface area contributed by atoms with Gasteiger partial charge >= 0.3 is 0 Å². The highest BCUT2D eigenvalue weighted by Gasteiger charge is 2.21. The minimum absolute atomic E-state index is 0.0635. The zero-order valence-corrected chi connectivity index (χ0v) is 29.8. The third-order valence-corrected chi connectivity index (χ3v) is 10.3. The zero-order valence-electron chi connectivity index (χ0n) is 25.1. The average molecular weight is 757 g/mol. The molecule has 0 saturated carbocycles. The number of carbonyl (C=O) groups is 3. The molecule has 0 radical (unpaired) electrons. The summed E-state index contributed by atoms with van der Waals surface area (Å²) >= 11 is 27.6. The third kappa shape index (κ3) is 9.19. The molecular weight excluding hydrogens is 730 g/mol. The van der Waals surface area contributed by atoms with Crippen LogP contribution in [0.2, 0.25) is 20.1 Å². The van der Waals surface area contributed by atoms with Gasteiger partial charge in [-0.25, -0.2) is 4.98 Å². The predicted molar refractivity (Wildman–Crippen MR) is 200 cm³/mol. The molecule has 0 bridgehead atoms. The van der Waals surface area contributed by atoms with E-state index in [0.717, 1.165) is 10.5 Å². The number of anilines is 2. The largest absolute Gasteiger partial charge is 0.321 e. The van der Waals surface area contributed by atoms with Gasteiger partial charge in [-0.3, -0.25) is 14.4 Å². The summed E-state index contributed by atoms with van der Waals surface area (Å²) in [5, 5.41) is 11.8. The van der Waals surface area contributed by atoms with E-state index >= 15 is 0 Å². The zero-order chi connectivity index (χ0) is 34.2. The number of amides is 3. The Morgan fingerprint density at radius 2 is 1.56 bits per heavy atom. The van der Waals surface area contributed by atoms with E-state index in [2.05, 4.69) is 20.9 Å². The SMILES string of the molecule is CCC(Sc1cccc(NC(=O)/C(=C\c2c(Cl)cccc2Cl)NC(=O)c2ccccc2)c1)C(=O)Nc1nc(-c2ccc(Cl)c(Cl)c2)cs1. The lowest BCUT2D eigenvalue weighted by Gasteiger charge is -2.15. The van der Waals surface area contributed by atoms with Crippen LogP contribution in [0.5, 0.6) is 0 Å². The average Bonchev–Trinajstić information content (AvgIpc) is 3.54. The van der Waals surface area contributed by atoms with E-state index in [1.54, 1.807) is 78.9 Å². The number of aromatic nitrogens is 1. The molecule has 3 amide bonds. The normalized spacial score (nSPS) is 11.9. The van der Waals surface area contributed by atoms with Crippen molar-refractivity contribution < 1.29 is 14.4 Å². The molecule has 1 atom stereocenters. The van der Waals surface area contributed by atoms with Crippen molar-refractivity contribution in [3.05, 3.63) is 133 Å². The lowest BCUT2D eigenvalue weighted by atomic mass is 10.1. The molecule has 0 aliphatic carbocycles. The van der Waals surface area contributed by atoms with Crippen LogP contribution in [0.1, 0.15) is 29.3 Å². The quantitative estimate of drug-likeness (QED) is 0.0921. The lowest BCUT2D eigenvalue weighted by molar-refractivity contribution is -0.116. The highest BCUT2D eigenvalue weighted by Crippen LogP contribution is 2.33. The summed E-state index contributed by atoms with van der Waals surface area (Å²) in [7, 11) is 0. The second kappa shape index (κ2) is 16.5. The monoisotopic (exact) mass is 754 g/mol. The van der Waals surface area contributed by atoms with Crippen LogP contribution >= 0.6 is 69.5 Å². The Morgan fingerprint density at radius 1 is 0.833 bits per heavy atom. The fraction of sp³-hybridized carbons (Fsp3) is 0.0857. The molecule has 0 fully saturated rings. The molecule has 48 heavy (non-hydrogen) atoms. The number of rotatable bonds is 11. The number of thiazole rings is 1. The second-order valence-electron chi connectivity index (χ2n) is 10.2. The van der Waals surface area contributed by atoms with Crippen LogP contribution < -0.4 is 16.0 Å². The van der Waals surface area contributed by atoms with Gasteiger partial charge in [0.1, 0.15) is 5.70 Å². The molecular formula is C35H26Cl4N4O3S2. The molecule has 0 aliphatic heterocycles. The Morgan fingerprint density at radius 3 is 2.27 bits per heavy atom. The number of nitrogens with one attached hydrogen (secondary N) is 3. The van der Waals surface area contributed by atoms with E-state index in [1.165, 1.54) is 29.2 Å². The Labute approximate surface area is 305 Å². The molecule has 3 N–H and O–H groups in total. The number of carbonyl (C=O) groups excluding carboxylic acids is 3. The minimum Gasteiger partial charge on any atom is -0.321 e. The van der Waals surface area contributed by atoms with Crippen molar-refractivity contribution >= 4 is 104 Å². The molecule has 0 spiro atoms. The molecule has 244 valence electrons. The van der Waals surface area contributed by atoms with Gasteiger partial charge in [-0.1, -0.05) is 89.7 Å². The number of thioether (sulfide) groups is 1. The van der Waals surface area contributed by atoms with Crippen molar-refractivity contribution in [1.29, 1.82) is 0 Å². The topological polar surface area (TPSA) is 100 Å². The molecule has 0 aliphatic rings. The van der Waals surface area contributed by atoms with Crippen LogP contribution in [0.25, 0.3) is 17.3 Å². The maximum absolute atomic E-state index is 13.6. The van der Waals surface area contributed by atoms with E-state index in [9.17, 15) is 14.4 Å². The van der Waals surface area contributed by atoms with Gasteiger partial charge in [0, 0.05) is 42.7 Å². The van der Waals surface area contributed by atoms with Crippen LogP contribution in [0, 0.1) is 0 Å². The van der Waals surface area contributed by atoms with Gasteiger partial charge in [-0.2, -0.15) is 0 Å². The summed E-state index contributed by atoms with van der Waals surface area (Å²) < 4.78 is 0.